The number of nitrogens with one attached hydrogen (secondary N) is 1. The topological polar surface area (TPSA) is 66.4 Å². The summed E-state index contributed by atoms with van der Waals surface area (Å²) in [7, 11) is 0. The van der Waals surface area contributed by atoms with Crippen molar-refractivity contribution in [2.24, 2.45) is 5.41 Å². The standard InChI is InChI=1S/C11H17NO3S/c1-7(10(14)15)12-9(13)4-8-5-11(2,3)6-16-8/h5,7H,4,6H2,1-3H3,(H,12,13)(H,14,15). The van der Waals surface area contributed by atoms with Gasteiger partial charge in [-0.05, 0) is 17.2 Å². The van der Waals surface area contributed by atoms with Gasteiger partial charge in [0.2, 0.25) is 5.91 Å². The Morgan fingerprint density at radius 1 is 1.62 bits per heavy atom. The van der Waals surface area contributed by atoms with Crippen LogP contribution in [0.1, 0.15) is 27.2 Å². The number of carboxylic acid groups (broad SMARTS) is 1. The van der Waals surface area contributed by atoms with E-state index in [-0.39, 0.29) is 17.7 Å². The van der Waals surface area contributed by atoms with Crippen molar-refractivity contribution in [2.45, 2.75) is 33.2 Å². The molecule has 0 saturated heterocycles. The molecule has 4 nitrogen and oxygen atoms in total. The third-order valence-electron chi connectivity index (χ3n) is 2.26. The molecule has 0 aromatic carbocycles. The zero-order chi connectivity index (χ0) is 12.3. The van der Waals surface area contributed by atoms with E-state index in [2.05, 4.69) is 25.2 Å². The van der Waals surface area contributed by atoms with E-state index in [0.717, 1.165) is 10.7 Å². The molecule has 0 spiro atoms. The number of carbonyl (C=O) groups is 2. The Kier molecular flexibility index (Phi) is 4.02. The van der Waals surface area contributed by atoms with Gasteiger partial charge in [-0.15, -0.1) is 11.8 Å². The number of rotatable bonds is 4. The van der Waals surface area contributed by atoms with Crippen LogP contribution in [0.25, 0.3) is 0 Å². The molecule has 1 amide bonds. The SMILES string of the molecule is CC(NC(=O)CC1=CC(C)(C)CS1)C(=O)O. The lowest BCUT2D eigenvalue weighted by Crippen LogP contribution is -2.38. The summed E-state index contributed by atoms with van der Waals surface area (Å²) in [5.74, 6) is -0.266. The maximum Gasteiger partial charge on any atom is 0.325 e. The minimum absolute atomic E-state index is 0.138. The van der Waals surface area contributed by atoms with E-state index in [1.807, 2.05) is 0 Å². The Bertz CT molecular complexity index is 336. The van der Waals surface area contributed by atoms with Gasteiger partial charge in [-0.1, -0.05) is 19.9 Å². The van der Waals surface area contributed by atoms with Crippen LogP contribution in [-0.4, -0.2) is 28.8 Å². The van der Waals surface area contributed by atoms with Crippen molar-refractivity contribution in [3.63, 3.8) is 0 Å². The first-order valence-electron chi connectivity index (χ1n) is 5.17. The summed E-state index contributed by atoms with van der Waals surface area (Å²) in [4.78, 5) is 23.1. The van der Waals surface area contributed by atoms with Gasteiger partial charge in [0.05, 0.1) is 6.42 Å². The van der Waals surface area contributed by atoms with Crippen LogP contribution in [0.5, 0.6) is 0 Å². The molecule has 90 valence electrons. The maximum absolute atomic E-state index is 11.5. The van der Waals surface area contributed by atoms with Gasteiger partial charge in [-0.3, -0.25) is 9.59 Å². The minimum Gasteiger partial charge on any atom is -0.480 e. The molecule has 16 heavy (non-hydrogen) atoms. The predicted octanol–water partition coefficient (Wildman–Crippen LogP) is 1.62. The van der Waals surface area contributed by atoms with Crippen molar-refractivity contribution < 1.29 is 14.7 Å². The van der Waals surface area contributed by atoms with Crippen molar-refractivity contribution in [3.8, 4) is 0 Å². The molecular weight excluding hydrogens is 226 g/mol. The lowest BCUT2D eigenvalue weighted by molar-refractivity contribution is -0.141. The van der Waals surface area contributed by atoms with Crippen LogP contribution < -0.4 is 5.32 Å². The third-order valence-corrected chi connectivity index (χ3v) is 3.79. The van der Waals surface area contributed by atoms with E-state index < -0.39 is 12.0 Å². The van der Waals surface area contributed by atoms with Crippen LogP contribution in [0.3, 0.4) is 0 Å². The second kappa shape index (κ2) is 4.91. The van der Waals surface area contributed by atoms with Gasteiger partial charge >= 0.3 is 5.97 Å². The first kappa shape index (κ1) is 13.1. The fourth-order valence-electron chi connectivity index (χ4n) is 1.41. The highest BCUT2D eigenvalue weighted by molar-refractivity contribution is 8.03. The molecule has 1 unspecified atom stereocenters. The molecule has 1 rings (SSSR count). The quantitative estimate of drug-likeness (QED) is 0.787. The molecule has 0 aromatic rings. The summed E-state index contributed by atoms with van der Waals surface area (Å²) in [5, 5.41) is 11.1. The molecule has 0 bridgehead atoms. The zero-order valence-corrected chi connectivity index (χ0v) is 10.6. The van der Waals surface area contributed by atoms with Gasteiger partial charge in [-0.2, -0.15) is 0 Å². The van der Waals surface area contributed by atoms with Gasteiger partial charge in [0.25, 0.3) is 0 Å². The smallest absolute Gasteiger partial charge is 0.325 e. The summed E-state index contributed by atoms with van der Waals surface area (Å²) in [5.41, 5.74) is 0.138. The number of thioether (sulfide) groups is 1. The molecule has 1 heterocycles. The van der Waals surface area contributed by atoms with E-state index in [1.54, 1.807) is 11.8 Å². The highest BCUT2D eigenvalue weighted by Crippen LogP contribution is 2.38. The van der Waals surface area contributed by atoms with Crippen LogP contribution in [0.2, 0.25) is 0 Å². The van der Waals surface area contributed by atoms with Crippen molar-refractivity contribution in [2.75, 3.05) is 5.75 Å². The van der Waals surface area contributed by atoms with E-state index >= 15 is 0 Å². The molecule has 0 saturated carbocycles. The average Bonchev–Trinajstić information content (AvgIpc) is 2.44. The van der Waals surface area contributed by atoms with Gasteiger partial charge in [0, 0.05) is 5.75 Å². The van der Waals surface area contributed by atoms with Gasteiger partial charge < -0.3 is 10.4 Å². The van der Waals surface area contributed by atoms with E-state index in [9.17, 15) is 9.59 Å². The number of hydrogen-bond acceptors (Lipinski definition) is 3. The van der Waals surface area contributed by atoms with Crippen LogP contribution in [0.15, 0.2) is 11.0 Å². The molecular formula is C11H17NO3S. The molecule has 0 aromatic heterocycles. The number of hydrogen-bond donors (Lipinski definition) is 2. The van der Waals surface area contributed by atoms with Crippen LogP contribution in [0.4, 0.5) is 0 Å². The highest BCUT2D eigenvalue weighted by Gasteiger charge is 2.25. The lowest BCUT2D eigenvalue weighted by Gasteiger charge is -2.10. The lowest BCUT2D eigenvalue weighted by atomic mass is 9.96. The Labute approximate surface area is 99.5 Å². The van der Waals surface area contributed by atoms with Gasteiger partial charge in [-0.25, -0.2) is 0 Å². The van der Waals surface area contributed by atoms with Crippen molar-refractivity contribution in [1.82, 2.24) is 5.32 Å². The summed E-state index contributed by atoms with van der Waals surface area (Å²) in [6, 6.07) is -0.826. The number of carbonyl (C=O) groups excluding carboxylic acids is 1. The molecule has 0 fully saturated rings. The second-order valence-electron chi connectivity index (χ2n) is 4.69. The summed E-state index contributed by atoms with van der Waals surface area (Å²) >= 11 is 1.67. The van der Waals surface area contributed by atoms with E-state index in [1.165, 1.54) is 6.92 Å². The molecule has 5 heteroatoms. The molecule has 0 radical (unpaired) electrons. The largest absolute Gasteiger partial charge is 0.480 e. The van der Waals surface area contributed by atoms with Crippen molar-refractivity contribution in [3.05, 3.63) is 11.0 Å². The first-order chi connectivity index (χ1) is 7.30. The molecule has 2 N–H and O–H groups in total. The molecule has 1 atom stereocenters. The Hall–Kier alpha value is -0.970. The molecule has 0 aliphatic carbocycles. The first-order valence-corrected chi connectivity index (χ1v) is 6.15. The van der Waals surface area contributed by atoms with E-state index in [4.69, 9.17) is 5.11 Å². The number of aliphatic carboxylic acids is 1. The number of allylic oxidation sites excluding steroid dienone is 1. The third kappa shape index (κ3) is 3.89. The minimum atomic E-state index is -1.01. The summed E-state index contributed by atoms with van der Waals surface area (Å²) < 4.78 is 0. The molecule has 1 aliphatic rings. The van der Waals surface area contributed by atoms with Gasteiger partial charge in [0.15, 0.2) is 0 Å². The maximum atomic E-state index is 11.5. The molecule has 1 aliphatic heterocycles. The average molecular weight is 243 g/mol. The summed E-state index contributed by atoms with van der Waals surface area (Å²) in [6.45, 7) is 5.69. The highest BCUT2D eigenvalue weighted by atomic mass is 32.2. The fraction of sp³-hybridized carbons (Fsp3) is 0.636. The van der Waals surface area contributed by atoms with Crippen molar-refractivity contribution in [1.29, 1.82) is 0 Å². The number of amides is 1. The second-order valence-corrected chi connectivity index (χ2v) is 5.79. The predicted molar refractivity (Wildman–Crippen MR) is 64.2 cm³/mol. The monoisotopic (exact) mass is 243 g/mol. The van der Waals surface area contributed by atoms with Crippen LogP contribution >= 0.6 is 11.8 Å². The van der Waals surface area contributed by atoms with E-state index in [0.29, 0.717) is 0 Å². The Balaban J connectivity index is 2.44. The van der Waals surface area contributed by atoms with Crippen LogP contribution in [0, 0.1) is 5.41 Å². The summed E-state index contributed by atoms with van der Waals surface area (Å²) in [6.07, 6.45) is 2.37. The zero-order valence-electron chi connectivity index (χ0n) is 9.74. The number of carboxylic acids is 1. The Morgan fingerprint density at radius 2 is 2.25 bits per heavy atom. The Morgan fingerprint density at radius 3 is 2.69 bits per heavy atom. The normalized spacial score (nSPS) is 20.1. The van der Waals surface area contributed by atoms with Crippen LogP contribution in [-0.2, 0) is 9.59 Å². The van der Waals surface area contributed by atoms with Gasteiger partial charge in [0.1, 0.15) is 6.04 Å². The van der Waals surface area contributed by atoms with Crippen molar-refractivity contribution >= 4 is 23.6 Å². The fourth-order valence-corrected chi connectivity index (χ4v) is 2.69.